The van der Waals surface area contributed by atoms with E-state index in [1.165, 1.54) is 17.4 Å². The molecule has 4 rings (SSSR count). The fourth-order valence-corrected chi connectivity index (χ4v) is 4.40. The summed E-state index contributed by atoms with van der Waals surface area (Å²) < 4.78 is 14.6. The van der Waals surface area contributed by atoms with Gasteiger partial charge in [0.25, 0.3) is 0 Å². The molecule has 1 aromatic carbocycles. The Morgan fingerprint density at radius 1 is 1.23 bits per heavy atom. The number of piperazine rings is 1. The van der Waals surface area contributed by atoms with Crippen LogP contribution in [0.1, 0.15) is 51.0 Å². The summed E-state index contributed by atoms with van der Waals surface area (Å²) in [5.41, 5.74) is 3.25. The van der Waals surface area contributed by atoms with Gasteiger partial charge >= 0.3 is 0 Å². The lowest BCUT2D eigenvalue weighted by Gasteiger charge is -2.35. The van der Waals surface area contributed by atoms with E-state index in [2.05, 4.69) is 68.7 Å². The number of nitrogens with one attached hydrogen (secondary N) is 3. The van der Waals surface area contributed by atoms with Crippen molar-refractivity contribution in [3.8, 4) is 0 Å². The highest BCUT2D eigenvalue weighted by Gasteiger charge is 2.25. The molecule has 0 spiro atoms. The molecule has 1 aromatic heterocycles. The minimum atomic E-state index is -0.527. The standard InChI is InChI=1S/C26H38FN7O/c1-4-5-6-20(16-24(35)29-19-7-8-19)30-25-22(27)17-28-26(32-25)31-21-9-10-23(18(2)15-21)34-13-11-33(3)12-14-34/h9-10,15,17,19-20H,4-8,11-14,16H2,1-3H3,(H,29,35)(H2,28,30,31,32). The number of amides is 1. The third-order valence-electron chi connectivity index (χ3n) is 6.66. The second kappa shape index (κ2) is 11.7. The average molecular weight is 484 g/mol. The van der Waals surface area contributed by atoms with Crippen molar-refractivity contribution in [2.45, 2.75) is 64.5 Å². The van der Waals surface area contributed by atoms with E-state index in [0.717, 1.165) is 64.0 Å². The number of aromatic nitrogens is 2. The number of benzene rings is 1. The van der Waals surface area contributed by atoms with Crippen molar-refractivity contribution in [1.29, 1.82) is 0 Å². The first-order chi connectivity index (χ1) is 16.9. The van der Waals surface area contributed by atoms with Gasteiger partial charge in [0.15, 0.2) is 11.6 Å². The van der Waals surface area contributed by atoms with E-state index in [4.69, 9.17) is 0 Å². The first kappa shape index (κ1) is 25.2. The van der Waals surface area contributed by atoms with E-state index in [1.54, 1.807) is 0 Å². The molecular formula is C26H38FN7O. The smallest absolute Gasteiger partial charge is 0.229 e. The Morgan fingerprint density at radius 2 is 2.00 bits per heavy atom. The van der Waals surface area contributed by atoms with Gasteiger partial charge in [-0.15, -0.1) is 0 Å². The molecule has 2 fully saturated rings. The number of likely N-dealkylation sites (N-methyl/N-ethyl adjacent to an activating group) is 1. The molecule has 2 heterocycles. The molecule has 0 bridgehead atoms. The van der Waals surface area contributed by atoms with Gasteiger partial charge in [0.2, 0.25) is 11.9 Å². The summed E-state index contributed by atoms with van der Waals surface area (Å²) in [5, 5.41) is 9.39. The molecule has 3 N–H and O–H groups in total. The third-order valence-corrected chi connectivity index (χ3v) is 6.66. The first-order valence-corrected chi connectivity index (χ1v) is 12.8. The van der Waals surface area contributed by atoms with Gasteiger partial charge in [-0.05, 0) is 57.0 Å². The quantitative estimate of drug-likeness (QED) is 0.444. The summed E-state index contributed by atoms with van der Waals surface area (Å²) >= 11 is 0. The maximum atomic E-state index is 14.6. The van der Waals surface area contributed by atoms with E-state index < -0.39 is 5.82 Å². The molecule has 8 nitrogen and oxygen atoms in total. The van der Waals surface area contributed by atoms with Crippen molar-refractivity contribution in [3.05, 3.63) is 35.8 Å². The minimum Gasteiger partial charge on any atom is -0.369 e. The lowest BCUT2D eigenvalue weighted by atomic mass is 10.1. The van der Waals surface area contributed by atoms with Crippen molar-refractivity contribution in [1.82, 2.24) is 20.2 Å². The molecule has 1 saturated carbocycles. The Labute approximate surface area is 207 Å². The number of aryl methyl sites for hydroxylation is 1. The Hall–Kier alpha value is -2.94. The van der Waals surface area contributed by atoms with Crippen molar-refractivity contribution < 1.29 is 9.18 Å². The lowest BCUT2D eigenvalue weighted by molar-refractivity contribution is -0.121. The summed E-state index contributed by atoms with van der Waals surface area (Å²) in [4.78, 5) is 25.6. The molecule has 9 heteroatoms. The highest BCUT2D eigenvalue weighted by atomic mass is 19.1. The highest BCUT2D eigenvalue weighted by molar-refractivity contribution is 5.77. The van der Waals surface area contributed by atoms with Gasteiger partial charge in [0.1, 0.15) is 0 Å². The van der Waals surface area contributed by atoms with Crippen molar-refractivity contribution >= 4 is 29.0 Å². The topological polar surface area (TPSA) is 85.4 Å². The number of nitrogens with zero attached hydrogens (tertiary/aromatic N) is 4. The Balaban J connectivity index is 1.42. The van der Waals surface area contributed by atoms with Gasteiger partial charge in [-0.3, -0.25) is 4.79 Å². The Morgan fingerprint density at radius 3 is 2.69 bits per heavy atom. The summed E-state index contributed by atoms with van der Waals surface area (Å²) in [6, 6.07) is 6.32. The molecule has 1 amide bonds. The third kappa shape index (κ3) is 7.27. The second-order valence-electron chi connectivity index (χ2n) is 9.84. The summed E-state index contributed by atoms with van der Waals surface area (Å²) in [6.45, 7) is 8.34. The molecule has 1 aliphatic carbocycles. The van der Waals surface area contributed by atoms with Crippen LogP contribution in [0.4, 0.5) is 27.5 Å². The SMILES string of the molecule is CCCCC(CC(=O)NC1CC1)Nc1nc(Nc2ccc(N3CCN(C)CC3)c(C)c2)ncc1F. The molecule has 1 unspecified atom stereocenters. The number of carbonyl (C=O) groups excluding carboxylic acids is 1. The van der Waals surface area contributed by atoms with Gasteiger partial charge in [0.05, 0.1) is 6.20 Å². The number of halogens is 1. The molecule has 0 radical (unpaired) electrons. The Bertz CT molecular complexity index is 1010. The predicted molar refractivity (Wildman–Crippen MR) is 139 cm³/mol. The molecule has 1 saturated heterocycles. The van der Waals surface area contributed by atoms with Gasteiger partial charge in [0, 0.05) is 56.1 Å². The van der Waals surface area contributed by atoms with E-state index in [0.29, 0.717) is 18.4 Å². The molecule has 35 heavy (non-hydrogen) atoms. The zero-order valence-electron chi connectivity index (χ0n) is 21.1. The maximum absolute atomic E-state index is 14.6. The van der Waals surface area contributed by atoms with Crippen LogP contribution >= 0.6 is 0 Å². The summed E-state index contributed by atoms with van der Waals surface area (Å²) in [5.74, 6) is -0.0861. The van der Waals surface area contributed by atoms with Crippen LogP contribution in [0, 0.1) is 12.7 Å². The van der Waals surface area contributed by atoms with Crippen molar-refractivity contribution in [2.75, 3.05) is 48.8 Å². The fraction of sp³-hybridized carbons (Fsp3) is 0.577. The Kier molecular flexibility index (Phi) is 8.38. The maximum Gasteiger partial charge on any atom is 0.229 e. The molecule has 2 aromatic rings. The van der Waals surface area contributed by atoms with E-state index in [9.17, 15) is 9.18 Å². The van der Waals surface area contributed by atoms with Crippen LogP contribution in [0.15, 0.2) is 24.4 Å². The van der Waals surface area contributed by atoms with Crippen LogP contribution < -0.4 is 20.9 Å². The number of carbonyl (C=O) groups is 1. The minimum absolute atomic E-state index is 0.00447. The molecular weight excluding hydrogens is 445 g/mol. The van der Waals surface area contributed by atoms with Crippen LogP contribution in [-0.2, 0) is 4.79 Å². The van der Waals surface area contributed by atoms with Gasteiger partial charge in [-0.2, -0.15) is 4.98 Å². The lowest BCUT2D eigenvalue weighted by Crippen LogP contribution is -2.44. The zero-order chi connectivity index (χ0) is 24.8. The van der Waals surface area contributed by atoms with Crippen LogP contribution in [-0.4, -0.2) is 66.1 Å². The molecule has 190 valence electrons. The monoisotopic (exact) mass is 483 g/mol. The van der Waals surface area contributed by atoms with E-state index in [-0.39, 0.29) is 17.8 Å². The zero-order valence-corrected chi connectivity index (χ0v) is 21.1. The van der Waals surface area contributed by atoms with Gasteiger partial charge in [-0.1, -0.05) is 19.8 Å². The first-order valence-electron chi connectivity index (χ1n) is 12.8. The van der Waals surface area contributed by atoms with Crippen LogP contribution in [0.2, 0.25) is 0 Å². The predicted octanol–water partition coefficient (Wildman–Crippen LogP) is 4.06. The summed E-state index contributed by atoms with van der Waals surface area (Å²) in [6.07, 6.45) is 6.29. The average Bonchev–Trinajstić information content (AvgIpc) is 3.64. The van der Waals surface area contributed by atoms with Crippen LogP contribution in [0.3, 0.4) is 0 Å². The van der Waals surface area contributed by atoms with Crippen molar-refractivity contribution in [2.24, 2.45) is 0 Å². The largest absolute Gasteiger partial charge is 0.369 e. The second-order valence-corrected chi connectivity index (χ2v) is 9.84. The van der Waals surface area contributed by atoms with Crippen molar-refractivity contribution in [3.63, 3.8) is 0 Å². The number of hydrogen-bond acceptors (Lipinski definition) is 7. The normalized spacial score (nSPS) is 17.2. The van der Waals surface area contributed by atoms with Gasteiger partial charge < -0.3 is 25.8 Å². The number of unbranched alkanes of at least 4 members (excludes halogenated alkanes) is 1. The van der Waals surface area contributed by atoms with Gasteiger partial charge in [-0.25, -0.2) is 9.37 Å². The number of anilines is 4. The van der Waals surface area contributed by atoms with Crippen LogP contribution in [0.25, 0.3) is 0 Å². The molecule has 2 aliphatic rings. The molecule has 1 aliphatic heterocycles. The highest BCUT2D eigenvalue weighted by Crippen LogP contribution is 2.26. The van der Waals surface area contributed by atoms with E-state index in [1.807, 2.05) is 6.07 Å². The fourth-order valence-electron chi connectivity index (χ4n) is 4.40. The number of hydrogen-bond donors (Lipinski definition) is 3. The number of rotatable bonds is 11. The summed E-state index contributed by atoms with van der Waals surface area (Å²) in [7, 11) is 2.15. The molecule has 1 atom stereocenters. The van der Waals surface area contributed by atoms with Crippen LogP contribution in [0.5, 0.6) is 0 Å². The van der Waals surface area contributed by atoms with E-state index >= 15 is 0 Å².